The van der Waals surface area contributed by atoms with Crippen molar-refractivity contribution in [2.75, 3.05) is 14.1 Å². The lowest BCUT2D eigenvalue weighted by Gasteiger charge is -2.05. The van der Waals surface area contributed by atoms with Gasteiger partial charge < -0.3 is 10.0 Å². The fourth-order valence-corrected chi connectivity index (χ4v) is 2.97. The van der Waals surface area contributed by atoms with E-state index in [1.807, 2.05) is 51.0 Å². The highest BCUT2D eigenvalue weighted by Gasteiger charge is 2.19. The lowest BCUT2D eigenvalue weighted by molar-refractivity contribution is 0.0702. The molecule has 1 aromatic heterocycles. The average Bonchev–Trinajstić information content (AvgIpc) is 2.76. The normalized spacial score (nSPS) is 11.1. The first-order chi connectivity index (χ1) is 9.38. The van der Waals surface area contributed by atoms with Crippen LogP contribution < -0.4 is 0 Å². The topological polar surface area (TPSA) is 53.4 Å². The first-order valence-electron chi connectivity index (χ1n) is 6.34. The molecular formula is C15H18N2O2S. The fourth-order valence-electron chi connectivity index (χ4n) is 1.93. The van der Waals surface area contributed by atoms with Gasteiger partial charge in [-0.25, -0.2) is 9.78 Å². The quantitative estimate of drug-likeness (QED) is 0.939. The Bertz CT molecular complexity index is 647. The molecule has 0 fully saturated rings. The summed E-state index contributed by atoms with van der Waals surface area (Å²) >= 11 is 1.25. The van der Waals surface area contributed by atoms with Gasteiger partial charge in [0, 0.05) is 12.1 Å². The number of aromatic carboxylic acids is 1. The van der Waals surface area contributed by atoms with Crippen LogP contribution in [0.4, 0.5) is 0 Å². The lowest BCUT2D eigenvalue weighted by atomic mass is 10.0. The Kier molecular flexibility index (Phi) is 4.20. The van der Waals surface area contributed by atoms with Crippen molar-refractivity contribution >= 4 is 17.3 Å². The molecule has 0 bridgehead atoms. The second-order valence-electron chi connectivity index (χ2n) is 5.13. The fraction of sp³-hybridized carbons (Fsp3) is 0.333. The Morgan fingerprint density at radius 1 is 1.30 bits per heavy atom. The van der Waals surface area contributed by atoms with Crippen molar-refractivity contribution in [3.8, 4) is 11.3 Å². The predicted octanol–water partition coefficient (Wildman–Crippen LogP) is 3.19. The summed E-state index contributed by atoms with van der Waals surface area (Å²) in [7, 11) is 3.88. The van der Waals surface area contributed by atoms with Gasteiger partial charge in [-0.05, 0) is 45.1 Å². The molecule has 0 spiro atoms. The molecule has 0 aliphatic heterocycles. The van der Waals surface area contributed by atoms with E-state index in [0.717, 1.165) is 16.1 Å². The number of thiazole rings is 1. The highest BCUT2D eigenvalue weighted by Crippen LogP contribution is 2.30. The van der Waals surface area contributed by atoms with E-state index >= 15 is 0 Å². The van der Waals surface area contributed by atoms with Crippen LogP contribution in [-0.2, 0) is 6.54 Å². The number of carbonyl (C=O) groups is 1. The second-order valence-corrected chi connectivity index (χ2v) is 6.21. The molecule has 0 saturated heterocycles. The molecule has 0 aliphatic carbocycles. The molecule has 2 rings (SSSR count). The van der Waals surface area contributed by atoms with Crippen LogP contribution in [-0.4, -0.2) is 35.1 Å². The number of aryl methyl sites for hydroxylation is 2. The summed E-state index contributed by atoms with van der Waals surface area (Å²) in [5.41, 5.74) is 3.77. The molecule has 0 radical (unpaired) electrons. The number of benzene rings is 1. The molecule has 20 heavy (non-hydrogen) atoms. The Labute approximate surface area is 122 Å². The van der Waals surface area contributed by atoms with Crippen molar-refractivity contribution < 1.29 is 9.90 Å². The van der Waals surface area contributed by atoms with Gasteiger partial charge in [-0.1, -0.05) is 12.1 Å². The minimum absolute atomic E-state index is 0.310. The van der Waals surface area contributed by atoms with Crippen LogP contribution >= 0.6 is 11.3 Å². The molecular weight excluding hydrogens is 272 g/mol. The van der Waals surface area contributed by atoms with Gasteiger partial charge in [0.05, 0.1) is 5.69 Å². The number of rotatable bonds is 4. The van der Waals surface area contributed by atoms with Crippen molar-refractivity contribution in [1.29, 1.82) is 0 Å². The molecule has 0 unspecified atom stereocenters. The van der Waals surface area contributed by atoms with Gasteiger partial charge in [0.2, 0.25) is 0 Å². The van der Waals surface area contributed by atoms with Crippen LogP contribution in [0, 0.1) is 13.8 Å². The van der Waals surface area contributed by atoms with Gasteiger partial charge in [-0.15, -0.1) is 11.3 Å². The second kappa shape index (κ2) is 5.73. The summed E-state index contributed by atoms with van der Waals surface area (Å²) in [6.45, 7) is 4.71. The van der Waals surface area contributed by atoms with Gasteiger partial charge in [0.15, 0.2) is 0 Å². The van der Waals surface area contributed by atoms with Crippen LogP contribution in [0.2, 0.25) is 0 Å². The van der Waals surface area contributed by atoms with Gasteiger partial charge in [-0.2, -0.15) is 0 Å². The zero-order valence-electron chi connectivity index (χ0n) is 12.1. The van der Waals surface area contributed by atoms with Crippen LogP contribution in [0.15, 0.2) is 18.2 Å². The first-order valence-corrected chi connectivity index (χ1v) is 7.15. The van der Waals surface area contributed by atoms with E-state index in [4.69, 9.17) is 0 Å². The Hall–Kier alpha value is -1.72. The third-order valence-corrected chi connectivity index (χ3v) is 4.13. The van der Waals surface area contributed by atoms with Crippen molar-refractivity contribution in [3.63, 3.8) is 0 Å². The highest BCUT2D eigenvalue weighted by atomic mass is 32.1. The molecule has 1 aromatic carbocycles. The zero-order valence-corrected chi connectivity index (χ0v) is 12.9. The molecule has 1 heterocycles. The maximum atomic E-state index is 11.4. The van der Waals surface area contributed by atoms with E-state index in [2.05, 4.69) is 4.98 Å². The molecule has 0 amide bonds. The molecule has 4 nitrogen and oxygen atoms in total. The SMILES string of the molecule is Cc1ccc(-c2nc(CN(C)C)sc2C(=O)O)cc1C. The van der Waals surface area contributed by atoms with E-state index in [1.165, 1.54) is 16.9 Å². The third-order valence-electron chi connectivity index (χ3n) is 3.10. The van der Waals surface area contributed by atoms with E-state index < -0.39 is 5.97 Å². The van der Waals surface area contributed by atoms with Crippen LogP contribution in [0.25, 0.3) is 11.3 Å². The van der Waals surface area contributed by atoms with Gasteiger partial charge in [0.1, 0.15) is 9.88 Å². The van der Waals surface area contributed by atoms with Crippen molar-refractivity contribution in [2.24, 2.45) is 0 Å². The minimum atomic E-state index is -0.916. The molecule has 5 heteroatoms. The van der Waals surface area contributed by atoms with Gasteiger partial charge >= 0.3 is 5.97 Å². The van der Waals surface area contributed by atoms with E-state index in [0.29, 0.717) is 17.1 Å². The molecule has 1 N–H and O–H groups in total. The standard InChI is InChI=1S/C15H18N2O2S/c1-9-5-6-11(7-10(9)2)13-14(15(18)19)20-12(16-13)8-17(3)4/h5-7H,8H2,1-4H3,(H,18,19). The number of hydrogen-bond acceptors (Lipinski definition) is 4. The first kappa shape index (κ1) is 14.7. The monoisotopic (exact) mass is 290 g/mol. The Balaban J connectivity index is 2.50. The molecule has 0 atom stereocenters. The summed E-state index contributed by atoms with van der Waals surface area (Å²) in [4.78, 5) is 18.2. The molecule has 106 valence electrons. The number of aromatic nitrogens is 1. The summed E-state index contributed by atoms with van der Waals surface area (Å²) in [6.07, 6.45) is 0. The minimum Gasteiger partial charge on any atom is -0.477 e. The number of carboxylic acids is 1. The van der Waals surface area contributed by atoms with Crippen molar-refractivity contribution in [2.45, 2.75) is 20.4 Å². The summed E-state index contributed by atoms with van der Waals surface area (Å²) in [6, 6.07) is 5.93. The largest absolute Gasteiger partial charge is 0.477 e. The molecule has 0 saturated carbocycles. The van der Waals surface area contributed by atoms with E-state index in [9.17, 15) is 9.90 Å². The lowest BCUT2D eigenvalue weighted by Crippen LogP contribution is -2.10. The van der Waals surface area contributed by atoms with Crippen LogP contribution in [0.3, 0.4) is 0 Å². The molecule has 0 aliphatic rings. The van der Waals surface area contributed by atoms with Gasteiger partial charge in [-0.3, -0.25) is 0 Å². The zero-order chi connectivity index (χ0) is 14.9. The smallest absolute Gasteiger partial charge is 0.348 e. The number of nitrogens with zero attached hydrogens (tertiary/aromatic N) is 2. The third kappa shape index (κ3) is 3.05. The summed E-state index contributed by atoms with van der Waals surface area (Å²) < 4.78 is 0. The average molecular weight is 290 g/mol. The number of hydrogen-bond donors (Lipinski definition) is 1. The van der Waals surface area contributed by atoms with E-state index in [-0.39, 0.29) is 0 Å². The summed E-state index contributed by atoms with van der Waals surface area (Å²) in [5.74, 6) is -0.916. The highest BCUT2D eigenvalue weighted by molar-refractivity contribution is 7.14. The van der Waals surface area contributed by atoms with Crippen LogP contribution in [0.1, 0.15) is 25.8 Å². The number of carboxylic acid groups (broad SMARTS) is 1. The Morgan fingerprint density at radius 2 is 2.00 bits per heavy atom. The van der Waals surface area contributed by atoms with Gasteiger partial charge in [0.25, 0.3) is 0 Å². The maximum absolute atomic E-state index is 11.4. The summed E-state index contributed by atoms with van der Waals surface area (Å²) in [5, 5.41) is 10.2. The molecule has 2 aromatic rings. The van der Waals surface area contributed by atoms with E-state index in [1.54, 1.807) is 0 Å². The maximum Gasteiger partial charge on any atom is 0.348 e. The van der Waals surface area contributed by atoms with Crippen LogP contribution in [0.5, 0.6) is 0 Å². The Morgan fingerprint density at radius 3 is 2.55 bits per heavy atom. The van der Waals surface area contributed by atoms with Crippen molar-refractivity contribution in [3.05, 3.63) is 39.2 Å². The predicted molar refractivity (Wildman–Crippen MR) is 81.4 cm³/mol. The van der Waals surface area contributed by atoms with Crippen molar-refractivity contribution in [1.82, 2.24) is 9.88 Å².